The van der Waals surface area contributed by atoms with Crippen LogP contribution in [0, 0.1) is 0 Å². The summed E-state index contributed by atoms with van der Waals surface area (Å²) in [4.78, 5) is 10.4. The first kappa shape index (κ1) is 35.3. The number of nitrogens with zero attached hydrogens (tertiary/aromatic N) is 2. The first-order valence-corrected chi connectivity index (χ1v) is 22.6. The van der Waals surface area contributed by atoms with Gasteiger partial charge in [0.15, 0.2) is 5.84 Å². The molecule has 13 rings (SSSR count). The van der Waals surface area contributed by atoms with Crippen LogP contribution in [-0.4, -0.2) is 11.7 Å². The Balaban J connectivity index is 0.860. The van der Waals surface area contributed by atoms with Crippen LogP contribution in [0.2, 0.25) is 0 Å². The number of amidine groups is 2. The van der Waals surface area contributed by atoms with E-state index >= 15 is 0 Å². The van der Waals surface area contributed by atoms with Crippen molar-refractivity contribution in [3.8, 4) is 22.3 Å². The van der Waals surface area contributed by atoms with Crippen molar-refractivity contribution in [1.82, 2.24) is 5.32 Å². The van der Waals surface area contributed by atoms with Gasteiger partial charge in [-0.15, -0.1) is 22.7 Å². The lowest BCUT2D eigenvalue weighted by molar-refractivity contribution is 0.674. The molecule has 2 aromatic heterocycles. The number of rotatable bonds is 5. The molecule has 1 unspecified atom stereocenters. The van der Waals surface area contributed by atoms with E-state index in [1.54, 1.807) is 0 Å². The predicted octanol–water partition coefficient (Wildman–Crippen LogP) is 15.7. The predicted molar refractivity (Wildman–Crippen MR) is 267 cm³/mol. The normalized spacial score (nSPS) is 14.3. The van der Waals surface area contributed by atoms with Crippen molar-refractivity contribution in [2.24, 2.45) is 9.98 Å². The summed E-state index contributed by atoms with van der Waals surface area (Å²) in [5.41, 5.74) is 8.02. The minimum Gasteiger partial charge on any atom is -0.344 e. The van der Waals surface area contributed by atoms with Gasteiger partial charge >= 0.3 is 0 Å². The SMILES string of the molecule is c1ccc(C2N=C(c3ccc4c(c3)sc3ccccc34)N=C(c3ccc4c(c3)sc3cc(-c5cccc(-c6ccc7c8ccccc8c8ccccc8c7c6)c5)ccc34)N2)cc1. The molecule has 3 heterocycles. The fourth-order valence-electron chi connectivity index (χ4n) is 9.47. The van der Waals surface area contributed by atoms with Crippen molar-refractivity contribution < 1.29 is 0 Å². The van der Waals surface area contributed by atoms with Crippen LogP contribution in [0.1, 0.15) is 22.9 Å². The van der Waals surface area contributed by atoms with Crippen LogP contribution >= 0.6 is 22.7 Å². The largest absolute Gasteiger partial charge is 0.344 e. The number of fused-ring (bicyclic) bond motifs is 12. The van der Waals surface area contributed by atoms with Gasteiger partial charge in [-0.2, -0.15) is 0 Å². The van der Waals surface area contributed by atoms with Crippen LogP contribution in [0.3, 0.4) is 0 Å². The number of hydrogen-bond acceptors (Lipinski definition) is 5. The highest BCUT2D eigenvalue weighted by atomic mass is 32.1. The maximum atomic E-state index is 5.22. The lowest BCUT2D eigenvalue weighted by Crippen LogP contribution is -2.33. The van der Waals surface area contributed by atoms with E-state index in [0.717, 1.165) is 28.4 Å². The maximum Gasteiger partial charge on any atom is 0.159 e. The van der Waals surface area contributed by atoms with Crippen LogP contribution < -0.4 is 5.32 Å². The quantitative estimate of drug-likeness (QED) is 0.172. The molecule has 0 radical (unpaired) electrons. The summed E-state index contributed by atoms with van der Waals surface area (Å²) in [5, 5.41) is 16.5. The van der Waals surface area contributed by atoms with Gasteiger partial charge in [0.25, 0.3) is 0 Å². The molecule has 1 aliphatic heterocycles. The Morgan fingerprint density at radius 3 is 1.45 bits per heavy atom. The highest BCUT2D eigenvalue weighted by Gasteiger charge is 2.22. The Morgan fingerprint density at radius 1 is 0.323 bits per heavy atom. The Hall–Kier alpha value is -7.44. The summed E-state index contributed by atoms with van der Waals surface area (Å²) in [7, 11) is 0. The average Bonchev–Trinajstić information content (AvgIpc) is 3.91. The minimum absolute atomic E-state index is 0.262. The van der Waals surface area contributed by atoms with Gasteiger partial charge in [0.2, 0.25) is 0 Å². The Morgan fingerprint density at radius 2 is 0.774 bits per heavy atom. The molecule has 0 spiro atoms. The summed E-state index contributed by atoms with van der Waals surface area (Å²) in [5.74, 6) is 1.56. The van der Waals surface area contributed by atoms with Crippen LogP contribution in [0.4, 0.5) is 0 Å². The van der Waals surface area contributed by atoms with Crippen molar-refractivity contribution in [2.75, 3.05) is 0 Å². The molecule has 0 saturated carbocycles. The van der Waals surface area contributed by atoms with E-state index in [0.29, 0.717) is 0 Å². The third kappa shape index (κ3) is 5.77. The van der Waals surface area contributed by atoms with E-state index in [1.807, 2.05) is 28.7 Å². The molecule has 0 bridgehead atoms. The summed E-state index contributed by atoms with van der Waals surface area (Å²) in [6.45, 7) is 0. The van der Waals surface area contributed by atoms with Crippen molar-refractivity contribution in [3.05, 3.63) is 217 Å². The van der Waals surface area contributed by atoms with Crippen molar-refractivity contribution in [3.63, 3.8) is 0 Å². The summed E-state index contributed by atoms with van der Waals surface area (Å²) < 4.78 is 5.03. The molecule has 0 fully saturated rings. The highest BCUT2D eigenvalue weighted by Crippen LogP contribution is 2.41. The zero-order valence-corrected chi connectivity index (χ0v) is 35.0. The number of thiophene rings is 2. The molecule has 1 N–H and O–H groups in total. The monoisotopic (exact) mass is 825 g/mol. The van der Waals surface area contributed by atoms with E-state index in [-0.39, 0.29) is 6.17 Å². The third-order valence-electron chi connectivity index (χ3n) is 12.5. The second-order valence-electron chi connectivity index (χ2n) is 16.1. The molecule has 3 nitrogen and oxygen atoms in total. The second-order valence-corrected chi connectivity index (χ2v) is 18.3. The molecule has 1 aliphatic rings. The molecule has 0 amide bonds. The maximum absolute atomic E-state index is 5.22. The van der Waals surface area contributed by atoms with Gasteiger partial charge < -0.3 is 5.32 Å². The summed E-state index contributed by atoms with van der Waals surface area (Å²) in [6.07, 6.45) is -0.262. The molecular weight excluding hydrogens is 791 g/mol. The minimum atomic E-state index is -0.262. The fraction of sp³-hybridized carbons (Fsp3) is 0.0175. The zero-order valence-electron chi connectivity index (χ0n) is 33.3. The Labute approximate surface area is 365 Å². The number of hydrogen-bond donors (Lipinski definition) is 1. The molecule has 62 heavy (non-hydrogen) atoms. The Kier molecular flexibility index (Phi) is 8.02. The molecule has 0 aliphatic carbocycles. The molecular formula is C57H35N3S2. The van der Waals surface area contributed by atoms with Gasteiger partial charge in [0, 0.05) is 51.5 Å². The molecule has 1 atom stereocenters. The van der Waals surface area contributed by atoms with Crippen LogP contribution in [0.25, 0.3) is 94.9 Å². The van der Waals surface area contributed by atoms with Crippen molar-refractivity contribution >= 4 is 107 Å². The van der Waals surface area contributed by atoms with E-state index in [2.05, 4.69) is 199 Å². The molecule has 12 aromatic rings. The van der Waals surface area contributed by atoms with E-state index in [4.69, 9.17) is 9.98 Å². The lowest BCUT2D eigenvalue weighted by Gasteiger charge is -2.23. The van der Waals surface area contributed by atoms with E-state index in [1.165, 1.54) is 94.9 Å². The lowest BCUT2D eigenvalue weighted by atomic mass is 9.91. The molecule has 5 heteroatoms. The van der Waals surface area contributed by atoms with Gasteiger partial charge in [-0.25, -0.2) is 9.98 Å². The number of aliphatic imine (C=N–C) groups is 2. The first-order chi connectivity index (χ1) is 30.7. The summed E-state index contributed by atoms with van der Waals surface area (Å²) in [6, 6.07) is 72.9. The van der Waals surface area contributed by atoms with E-state index in [9.17, 15) is 0 Å². The Bertz CT molecular complexity index is 3820. The average molecular weight is 826 g/mol. The van der Waals surface area contributed by atoms with Gasteiger partial charge in [-0.05, 0) is 96.5 Å². The van der Waals surface area contributed by atoms with Gasteiger partial charge in [-0.3, -0.25) is 0 Å². The highest BCUT2D eigenvalue weighted by molar-refractivity contribution is 7.26. The number of nitrogens with one attached hydrogen (secondary N) is 1. The zero-order chi connectivity index (χ0) is 40.7. The standard InChI is InChI=1S/C57H35N3S2/c1-2-11-34(12-3-1)55-58-56(39-23-27-47-46-19-8-9-20-51(46)61-53(47)32-39)60-57(59-55)40-24-28-49-48-26-22-38(31-52(48)62-54(49)33-40)36-14-10-13-35(29-36)37-21-25-45-43-17-5-4-15-41(43)42-16-6-7-18-44(42)50(45)30-37/h1-33,55H,(H,58,59,60). The van der Waals surface area contributed by atoms with E-state index < -0.39 is 0 Å². The van der Waals surface area contributed by atoms with Gasteiger partial charge in [-0.1, -0.05) is 164 Å². The third-order valence-corrected chi connectivity index (χ3v) is 14.8. The fourth-order valence-corrected chi connectivity index (χ4v) is 11.8. The van der Waals surface area contributed by atoms with Crippen molar-refractivity contribution in [2.45, 2.75) is 6.17 Å². The molecule has 290 valence electrons. The van der Waals surface area contributed by atoms with Crippen LogP contribution in [-0.2, 0) is 0 Å². The van der Waals surface area contributed by atoms with Gasteiger partial charge in [0.1, 0.15) is 12.0 Å². The van der Waals surface area contributed by atoms with Crippen LogP contribution in [0.15, 0.2) is 210 Å². The van der Waals surface area contributed by atoms with Gasteiger partial charge in [0.05, 0.1) is 0 Å². The summed E-state index contributed by atoms with van der Waals surface area (Å²) >= 11 is 3.66. The molecule has 10 aromatic carbocycles. The topological polar surface area (TPSA) is 36.8 Å². The number of benzene rings is 10. The van der Waals surface area contributed by atoms with Crippen LogP contribution in [0.5, 0.6) is 0 Å². The smallest absolute Gasteiger partial charge is 0.159 e. The first-order valence-electron chi connectivity index (χ1n) is 21.0. The second kappa shape index (κ2) is 14.1. The van der Waals surface area contributed by atoms with Crippen molar-refractivity contribution in [1.29, 1.82) is 0 Å². The molecule has 0 saturated heterocycles.